The highest BCUT2D eigenvalue weighted by molar-refractivity contribution is 5.94. The molecule has 92 valence electrons. The topological polar surface area (TPSA) is 65.2 Å². The number of amides is 1. The standard InChI is InChI=1S/C13H18N2O2/c1-9(8-10-4-2-5-10)17-13-11(12(14)16)6-3-7-15-13/h3,6-7,9-10H,2,4-5,8H2,1H3,(H2,14,16)/t9-/m0/s1. The fourth-order valence-electron chi connectivity index (χ4n) is 2.11. The van der Waals surface area contributed by atoms with Gasteiger partial charge in [0, 0.05) is 6.20 Å². The summed E-state index contributed by atoms with van der Waals surface area (Å²) in [6.45, 7) is 2.01. The lowest BCUT2D eigenvalue weighted by Gasteiger charge is -2.28. The second-order valence-electron chi connectivity index (χ2n) is 4.68. The van der Waals surface area contributed by atoms with Gasteiger partial charge in [-0.05, 0) is 31.4 Å². The van der Waals surface area contributed by atoms with Crippen LogP contribution in [0.5, 0.6) is 5.88 Å². The second kappa shape index (κ2) is 5.17. The maximum Gasteiger partial charge on any atom is 0.254 e. The zero-order valence-corrected chi connectivity index (χ0v) is 10.1. The van der Waals surface area contributed by atoms with E-state index < -0.39 is 5.91 Å². The molecule has 1 aromatic rings. The van der Waals surface area contributed by atoms with E-state index in [0.29, 0.717) is 11.4 Å². The molecule has 0 aliphatic heterocycles. The van der Waals surface area contributed by atoms with Crippen molar-refractivity contribution in [3.63, 3.8) is 0 Å². The van der Waals surface area contributed by atoms with Crippen molar-refractivity contribution in [1.82, 2.24) is 4.98 Å². The molecule has 1 aliphatic rings. The molecule has 0 bridgehead atoms. The van der Waals surface area contributed by atoms with Crippen molar-refractivity contribution in [1.29, 1.82) is 0 Å². The average molecular weight is 234 g/mol. The second-order valence-corrected chi connectivity index (χ2v) is 4.68. The van der Waals surface area contributed by atoms with Crippen LogP contribution in [-0.4, -0.2) is 17.0 Å². The Morgan fingerprint density at radius 2 is 2.41 bits per heavy atom. The van der Waals surface area contributed by atoms with Crippen molar-refractivity contribution in [2.45, 2.75) is 38.7 Å². The molecule has 2 N–H and O–H groups in total. The normalized spacial score (nSPS) is 17.2. The van der Waals surface area contributed by atoms with Crippen LogP contribution in [0.3, 0.4) is 0 Å². The molecule has 1 fully saturated rings. The minimum absolute atomic E-state index is 0.0771. The molecule has 0 saturated heterocycles. The zero-order chi connectivity index (χ0) is 12.3. The Labute approximate surface area is 101 Å². The molecule has 1 saturated carbocycles. The third-order valence-electron chi connectivity index (χ3n) is 3.24. The Bertz CT molecular complexity index is 402. The highest BCUT2D eigenvalue weighted by Gasteiger charge is 2.22. The largest absolute Gasteiger partial charge is 0.474 e. The van der Waals surface area contributed by atoms with Crippen LogP contribution in [0.15, 0.2) is 18.3 Å². The fourth-order valence-corrected chi connectivity index (χ4v) is 2.11. The van der Waals surface area contributed by atoms with Crippen molar-refractivity contribution in [3.05, 3.63) is 23.9 Å². The van der Waals surface area contributed by atoms with E-state index >= 15 is 0 Å². The van der Waals surface area contributed by atoms with Gasteiger partial charge in [0.2, 0.25) is 5.88 Å². The van der Waals surface area contributed by atoms with Gasteiger partial charge in [-0.1, -0.05) is 19.3 Å². The molecule has 0 unspecified atom stereocenters. The number of nitrogens with two attached hydrogens (primary N) is 1. The monoisotopic (exact) mass is 234 g/mol. The predicted octanol–water partition coefficient (Wildman–Crippen LogP) is 2.14. The van der Waals surface area contributed by atoms with Gasteiger partial charge in [0.15, 0.2) is 0 Å². The van der Waals surface area contributed by atoms with Crippen LogP contribution in [-0.2, 0) is 0 Å². The number of carbonyl (C=O) groups is 1. The quantitative estimate of drug-likeness (QED) is 0.848. The average Bonchev–Trinajstić information content (AvgIpc) is 2.24. The molecule has 1 amide bonds. The van der Waals surface area contributed by atoms with Gasteiger partial charge in [0.1, 0.15) is 5.56 Å². The van der Waals surface area contributed by atoms with E-state index in [0.717, 1.165) is 12.3 Å². The fraction of sp³-hybridized carbons (Fsp3) is 0.538. The molecule has 17 heavy (non-hydrogen) atoms. The molecule has 4 heteroatoms. The molecule has 1 heterocycles. The first kappa shape index (κ1) is 11.9. The summed E-state index contributed by atoms with van der Waals surface area (Å²) in [6, 6.07) is 3.32. The molecule has 1 aromatic heterocycles. The molecule has 1 aliphatic carbocycles. The maximum absolute atomic E-state index is 11.2. The summed E-state index contributed by atoms with van der Waals surface area (Å²) in [5.74, 6) is 0.626. The van der Waals surface area contributed by atoms with Gasteiger partial charge in [-0.15, -0.1) is 0 Å². The molecule has 4 nitrogen and oxygen atoms in total. The minimum atomic E-state index is -0.496. The number of primary amides is 1. The summed E-state index contributed by atoms with van der Waals surface area (Å²) < 4.78 is 5.70. The van der Waals surface area contributed by atoms with Crippen molar-refractivity contribution in [2.24, 2.45) is 11.7 Å². The van der Waals surface area contributed by atoms with Crippen molar-refractivity contribution in [3.8, 4) is 5.88 Å². The lowest BCUT2D eigenvalue weighted by molar-refractivity contribution is 0.0987. The van der Waals surface area contributed by atoms with Crippen molar-refractivity contribution in [2.75, 3.05) is 0 Å². The SMILES string of the molecule is C[C@@H](CC1CCC1)Oc1ncccc1C(N)=O. The highest BCUT2D eigenvalue weighted by Crippen LogP contribution is 2.31. The molecular weight excluding hydrogens is 216 g/mol. The van der Waals surface area contributed by atoms with Gasteiger partial charge in [-0.3, -0.25) is 4.79 Å². The summed E-state index contributed by atoms with van der Waals surface area (Å²) in [6.07, 6.45) is 6.62. The predicted molar refractivity (Wildman–Crippen MR) is 64.8 cm³/mol. The van der Waals surface area contributed by atoms with Gasteiger partial charge >= 0.3 is 0 Å². The van der Waals surface area contributed by atoms with Crippen LogP contribution >= 0.6 is 0 Å². The Hall–Kier alpha value is -1.58. The van der Waals surface area contributed by atoms with Gasteiger partial charge in [-0.25, -0.2) is 4.98 Å². The van der Waals surface area contributed by atoms with E-state index in [1.54, 1.807) is 18.3 Å². The Morgan fingerprint density at radius 3 is 3.00 bits per heavy atom. The van der Waals surface area contributed by atoms with E-state index in [9.17, 15) is 4.79 Å². The van der Waals surface area contributed by atoms with Crippen molar-refractivity contribution < 1.29 is 9.53 Å². The van der Waals surface area contributed by atoms with E-state index in [2.05, 4.69) is 4.98 Å². The smallest absolute Gasteiger partial charge is 0.254 e. The first-order chi connectivity index (χ1) is 8.16. The van der Waals surface area contributed by atoms with Crippen LogP contribution in [0.2, 0.25) is 0 Å². The number of nitrogens with zero attached hydrogens (tertiary/aromatic N) is 1. The van der Waals surface area contributed by atoms with Crippen LogP contribution in [0.4, 0.5) is 0 Å². The molecule has 0 radical (unpaired) electrons. The molecular formula is C13H18N2O2. The van der Waals surface area contributed by atoms with Gasteiger partial charge < -0.3 is 10.5 Å². The Morgan fingerprint density at radius 1 is 1.65 bits per heavy atom. The number of hydrogen-bond donors (Lipinski definition) is 1. The van der Waals surface area contributed by atoms with Crippen molar-refractivity contribution >= 4 is 5.91 Å². The van der Waals surface area contributed by atoms with E-state index in [1.165, 1.54) is 19.3 Å². The van der Waals surface area contributed by atoms with Gasteiger partial charge in [-0.2, -0.15) is 0 Å². The first-order valence-electron chi connectivity index (χ1n) is 6.08. The molecule has 0 spiro atoms. The lowest BCUT2D eigenvalue weighted by atomic mass is 9.82. The number of rotatable bonds is 5. The summed E-state index contributed by atoms with van der Waals surface area (Å²) >= 11 is 0. The summed E-state index contributed by atoms with van der Waals surface area (Å²) in [5.41, 5.74) is 5.62. The lowest BCUT2D eigenvalue weighted by Crippen LogP contribution is -2.23. The molecule has 1 atom stereocenters. The van der Waals surface area contributed by atoms with Crippen LogP contribution in [0.25, 0.3) is 0 Å². The minimum Gasteiger partial charge on any atom is -0.474 e. The van der Waals surface area contributed by atoms with Gasteiger partial charge in [0.25, 0.3) is 5.91 Å². The van der Waals surface area contributed by atoms with Gasteiger partial charge in [0.05, 0.1) is 6.10 Å². The zero-order valence-electron chi connectivity index (χ0n) is 10.1. The molecule has 0 aromatic carbocycles. The molecule has 2 rings (SSSR count). The van der Waals surface area contributed by atoms with E-state index in [1.807, 2.05) is 6.92 Å². The summed E-state index contributed by atoms with van der Waals surface area (Å²) in [5, 5.41) is 0. The number of ether oxygens (including phenoxy) is 1. The third-order valence-corrected chi connectivity index (χ3v) is 3.24. The number of carbonyl (C=O) groups excluding carboxylic acids is 1. The number of pyridine rings is 1. The third kappa shape index (κ3) is 2.96. The summed E-state index contributed by atoms with van der Waals surface area (Å²) in [4.78, 5) is 15.3. The highest BCUT2D eigenvalue weighted by atomic mass is 16.5. The Balaban J connectivity index is 1.99. The number of aromatic nitrogens is 1. The maximum atomic E-state index is 11.2. The Kier molecular flexibility index (Phi) is 3.61. The van der Waals surface area contributed by atoms with E-state index in [-0.39, 0.29) is 6.10 Å². The van der Waals surface area contributed by atoms with E-state index in [4.69, 9.17) is 10.5 Å². The van der Waals surface area contributed by atoms with Crippen LogP contribution in [0.1, 0.15) is 43.0 Å². The van der Waals surface area contributed by atoms with Crippen LogP contribution in [0, 0.1) is 5.92 Å². The number of hydrogen-bond acceptors (Lipinski definition) is 3. The first-order valence-corrected chi connectivity index (χ1v) is 6.08. The summed E-state index contributed by atoms with van der Waals surface area (Å²) in [7, 11) is 0. The van der Waals surface area contributed by atoms with Crippen LogP contribution < -0.4 is 10.5 Å².